The van der Waals surface area contributed by atoms with E-state index in [-0.39, 0.29) is 0 Å². The van der Waals surface area contributed by atoms with Crippen LogP contribution in [0.5, 0.6) is 0 Å². The van der Waals surface area contributed by atoms with Gasteiger partial charge in [0.05, 0.1) is 10.4 Å². The number of para-hydroxylation sites is 2. The topological polar surface area (TPSA) is 16.4 Å². The largest absolute Gasteiger partial charge is 0.455 e. The smallest absolute Gasteiger partial charge is 0.153 e. The Morgan fingerprint density at radius 3 is 1.82 bits per heavy atom. The Hall–Kier alpha value is -5.64. The number of furan rings is 1. The van der Waals surface area contributed by atoms with Crippen LogP contribution in [0.3, 0.4) is 0 Å². The maximum absolute atomic E-state index is 6.54. The number of hydrogen-bond acceptors (Lipinski definition) is 3. The standard InChI is InChI=1S/C42H27NOS/c1-3-12-28(13-4-1)30-14-11-15-31(26-30)29-22-24-33(25-23-29)43(32-16-5-2-6-17-32)37-27-36-34-18-7-9-20-38(34)44-41(36)42-40(37)35-19-8-10-21-39(35)45-42/h1-27H. The van der Waals surface area contributed by atoms with Crippen molar-refractivity contribution in [1.29, 1.82) is 0 Å². The van der Waals surface area contributed by atoms with Crippen LogP contribution in [0.15, 0.2) is 168 Å². The fraction of sp³-hybridized carbons (Fsp3) is 0. The molecule has 3 heteroatoms. The van der Waals surface area contributed by atoms with Crippen molar-refractivity contribution in [3.8, 4) is 22.3 Å². The molecule has 2 heterocycles. The summed E-state index contributed by atoms with van der Waals surface area (Å²) in [6, 6.07) is 58.4. The number of hydrogen-bond donors (Lipinski definition) is 0. The second-order valence-corrected chi connectivity index (χ2v) is 12.4. The van der Waals surface area contributed by atoms with Crippen molar-refractivity contribution in [2.75, 3.05) is 4.90 Å². The lowest BCUT2D eigenvalue weighted by molar-refractivity contribution is 0.673. The number of fused-ring (bicyclic) bond motifs is 7. The van der Waals surface area contributed by atoms with Gasteiger partial charge in [0.2, 0.25) is 0 Å². The molecule has 0 aliphatic rings. The summed E-state index contributed by atoms with van der Waals surface area (Å²) in [7, 11) is 0. The monoisotopic (exact) mass is 593 g/mol. The van der Waals surface area contributed by atoms with E-state index in [0.717, 1.165) is 39.0 Å². The van der Waals surface area contributed by atoms with Gasteiger partial charge in [0.1, 0.15) is 5.58 Å². The van der Waals surface area contributed by atoms with Crippen LogP contribution in [0, 0.1) is 0 Å². The predicted molar refractivity (Wildman–Crippen MR) is 192 cm³/mol. The molecule has 0 unspecified atom stereocenters. The first-order valence-corrected chi connectivity index (χ1v) is 16.0. The summed E-state index contributed by atoms with van der Waals surface area (Å²) in [4.78, 5) is 2.40. The van der Waals surface area contributed by atoms with Crippen LogP contribution in [-0.4, -0.2) is 0 Å². The first kappa shape index (κ1) is 25.8. The Labute approximate surface area is 265 Å². The van der Waals surface area contributed by atoms with Gasteiger partial charge in [-0.25, -0.2) is 0 Å². The minimum atomic E-state index is 0.914. The Bertz CT molecular complexity index is 2470. The quantitative estimate of drug-likeness (QED) is 0.197. The summed E-state index contributed by atoms with van der Waals surface area (Å²) < 4.78 is 8.97. The molecule has 7 aromatic carbocycles. The number of thiophene rings is 1. The van der Waals surface area contributed by atoms with Crippen LogP contribution in [0.4, 0.5) is 17.1 Å². The highest BCUT2D eigenvalue weighted by atomic mass is 32.1. The number of rotatable bonds is 5. The highest BCUT2D eigenvalue weighted by Gasteiger charge is 2.23. The molecule has 0 aliphatic carbocycles. The molecule has 0 atom stereocenters. The highest BCUT2D eigenvalue weighted by molar-refractivity contribution is 7.26. The molecular weight excluding hydrogens is 567 g/mol. The van der Waals surface area contributed by atoms with Gasteiger partial charge in [0.15, 0.2) is 5.58 Å². The molecule has 0 bridgehead atoms. The molecule has 45 heavy (non-hydrogen) atoms. The van der Waals surface area contributed by atoms with Crippen LogP contribution in [0.1, 0.15) is 0 Å². The molecule has 2 aromatic heterocycles. The normalized spacial score (nSPS) is 11.6. The number of anilines is 3. The van der Waals surface area contributed by atoms with E-state index in [4.69, 9.17) is 4.42 Å². The summed E-state index contributed by atoms with van der Waals surface area (Å²) in [6.45, 7) is 0. The fourth-order valence-corrected chi connectivity index (χ4v) is 7.75. The third-order valence-electron chi connectivity index (χ3n) is 8.66. The molecule has 0 saturated carbocycles. The molecule has 0 radical (unpaired) electrons. The van der Waals surface area contributed by atoms with Gasteiger partial charge < -0.3 is 9.32 Å². The molecule has 0 aliphatic heterocycles. The molecular formula is C42H27NOS. The third-order valence-corrected chi connectivity index (χ3v) is 9.83. The second-order valence-electron chi connectivity index (χ2n) is 11.3. The average molecular weight is 594 g/mol. The zero-order valence-electron chi connectivity index (χ0n) is 24.4. The van der Waals surface area contributed by atoms with Crippen molar-refractivity contribution in [3.63, 3.8) is 0 Å². The van der Waals surface area contributed by atoms with Crippen LogP contribution in [0.25, 0.3) is 64.4 Å². The number of nitrogens with zero attached hydrogens (tertiary/aromatic N) is 1. The maximum atomic E-state index is 6.54. The second kappa shape index (κ2) is 10.5. The van der Waals surface area contributed by atoms with E-state index in [0.29, 0.717) is 0 Å². The molecule has 0 N–H and O–H groups in total. The van der Waals surface area contributed by atoms with Crippen LogP contribution >= 0.6 is 11.3 Å². The minimum Gasteiger partial charge on any atom is -0.455 e. The maximum Gasteiger partial charge on any atom is 0.153 e. The van der Waals surface area contributed by atoms with Crippen molar-refractivity contribution < 1.29 is 4.42 Å². The molecule has 0 saturated heterocycles. The molecule has 212 valence electrons. The third kappa shape index (κ3) is 4.32. The summed E-state index contributed by atoms with van der Waals surface area (Å²) in [5, 5.41) is 4.72. The van der Waals surface area contributed by atoms with Gasteiger partial charge in [0, 0.05) is 37.6 Å². The molecule has 2 nitrogen and oxygen atoms in total. The summed E-state index contributed by atoms with van der Waals surface area (Å²) in [5.74, 6) is 0. The zero-order valence-corrected chi connectivity index (χ0v) is 25.2. The predicted octanol–water partition coefficient (Wildman–Crippen LogP) is 12.8. The van der Waals surface area contributed by atoms with Crippen molar-refractivity contribution in [1.82, 2.24) is 0 Å². The Morgan fingerprint density at radius 1 is 0.444 bits per heavy atom. The molecule has 0 fully saturated rings. The van der Waals surface area contributed by atoms with Crippen molar-refractivity contribution in [2.24, 2.45) is 0 Å². The van der Waals surface area contributed by atoms with Crippen molar-refractivity contribution >= 4 is 70.5 Å². The molecule has 9 aromatic rings. The van der Waals surface area contributed by atoms with E-state index in [2.05, 4.69) is 163 Å². The van der Waals surface area contributed by atoms with E-state index in [1.807, 2.05) is 17.4 Å². The first-order valence-electron chi connectivity index (χ1n) is 15.2. The van der Waals surface area contributed by atoms with Gasteiger partial charge in [0.25, 0.3) is 0 Å². The fourth-order valence-electron chi connectivity index (χ4n) is 6.54. The lowest BCUT2D eigenvalue weighted by Gasteiger charge is -2.27. The van der Waals surface area contributed by atoms with E-state index in [1.165, 1.54) is 42.4 Å². The Kier molecular flexibility index (Phi) is 6.03. The van der Waals surface area contributed by atoms with E-state index in [9.17, 15) is 0 Å². The van der Waals surface area contributed by atoms with Crippen LogP contribution in [-0.2, 0) is 0 Å². The van der Waals surface area contributed by atoms with Crippen LogP contribution < -0.4 is 4.90 Å². The molecule has 0 spiro atoms. The summed E-state index contributed by atoms with van der Waals surface area (Å²) in [6.07, 6.45) is 0. The Balaban J connectivity index is 1.26. The van der Waals surface area contributed by atoms with Gasteiger partial charge in [-0.3, -0.25) is 0 Å². The average Bonchev–Trinajstić information content (AvgIpc) is 3.69. The van der Waals surface area contributed by atoms with E-state index in [1.54, 1.807) is 0 Å². The lowest BCUT2D eigenvalue weighted by atomic mass is 9.98. The van der Waals surface area contributed by atoms with Crippen molar-refractivity contribution in [2.45, 2.75) is 0 Å². The van der Waals surface area contributed by atoms with E-state index >= 15 is 0 Å². The van der Waals surface area contributed by atoms with Gasteiger partial charge in [-0.1, -0.05) is 115 Å². The summed E-state index contributed by atoms with van der Waals surface area (Å²) in [5.41, 5.74) is 10.1. The summed E-state index contributed by atoms with van der Waals surface area (Å²) >= 11 is 1.81. The van der Waals surface area contributed by atoms with Crippen molar-refractivity contribution in [3.05, 3.63) is 164 Å². The van der Waals surface area contributed by atoms with Crippen LogP contribution in [0.2, 0.25) is 0 Å². The minimum absolute atomic E-state index is 0.914. The SMILES string of the molecule is c1ccc(-c2cccc(-c3ccc(N(c4ccccc4)c4cc5c6ccccc6oc5c5sc6ccccc6c45)cc3)c2)cc1. The zero-order chi connectivity index (χ0) is 29.7. The van der Waals surface area contributed by atoms with Gasteiger partial charge in [-0.2, -0.15) is 0 Å². The highest BCUT2D eigenvalue weighted by Crippen LogP contribution is 2.49. The van der Waals surface area contributed by atoms with Gasteiger partial charge in [-0.15, -0.1) is 11.3 Å². The lowest BCUT2D eigenvalue weighted by Crippen LogP contribution is -2.10. The Morgan fingerprint density at radius 2 is 1.04 bits per heavy atom. The van der Waals surface area contributed by atoms with Gasteiger partial charge >= 0.3 is 0 Å². The molecule has 9 rings (SSSR count). The van der Waals surface area contributed by atoms with Gasteiger partial charge in [-0.05, 0) is 70.8 Å². The molecule has 0 amide bonds. The number of benzene rings is 7. The van der Waals surface area contributed by atoms with E-state index < -0.39 is 0 Å². The first-order chi connectivity index (χ1) is 22.3.